The predicted octanol–water partition coefficient (Wildman–Crippen LogP) is 2.85. The molecular weight excluding hydrogens is 446 g/mol. The minimum Gasteiger partial charge on any atom is -0.489 e. The number of aromatic amines is 1. The number of hydrogen-bond acceptors (Lipinski definition) is 5. The fraction of sp³-hybridized carbons (Fsp3) is 0.250. The third kappa shape index (κ3) is 3.87. The van der Waals surface area contributed by atoms with Gasteiger partial charge in [-0.1, -0.05) is 23.7 Å². The molecule has 1 saturated heterocycles. The molecule has 0 aliphatic carbocycles. The summed E-state index contributed by atoms with van der Waals surface area (Å²) in [7, 11) is 0. The number of nitrogens with zero attached hydrogens (tertiary/aromatic N) is 2. The summed E-state index contributed by atoms with van der Waals surface area (Å²) in [6.45, 7) is 0.609. The number of rotatable bonds is 4. The van der Waals surface area contributed by atoms with E-state index in [0.29, 0.717) is 53.2 Å². The van der Waals surface area contributed by atoms with Gasteiger partial charge in [0.05, 0.1) is 16.1 Å². The molecule has 9 heteroatoms. The van der Waals surface area contributed by atoms with Gasteiger partial charge in [0.1, 0.15) is 18.4 Å². The number of carbonyl (C=O) groups is 3. The van der Waals surface area contributed by atoms with Crippen LogP contribution in [0.25, 0.3) is 10.8 Å². The van der Waals surface area contributed by atoms with E-state index in [4.69, 9.17) is 16.3 Å². The highest BCUT2D eigenvalue weighted by Crippen LogP contribution is 2.31. The fourth-order valence-corrected chi connectivity index (χ4v) is 4.51. The number of likely N-dealkylation sites (tertiary alicyclic amines) is 1. The molecule has 0 saturated carbocycles. The van der Waals surface area contributed by atoms with Crippen molar-refractivity contribution in [3.8, 4) is 5.75 Å². The molecule has 1 fully saturated rings. The lowest BCUT2D eigenvalue weighted by atomic mass is 10.1. The van der Waals surface area contributed by atoms with Gasteiger partial charge in [0.2, 0.25) is 5.91 Å². The third-order valence-electron chi connectivity index (χ3n) is 6.09. The number of pyridine rings is 1. The van der Waals surface area contributed by atoms with E-state index in [9.17, 15) is 19.2 Å². The summed E-state index contributed by atoms with van der Waals surface area (Å²) in [5.41, 5.74) is 0.444. The molecule has 0 radical (unpaired) electrons. The van der Waals surface area contributed by atoms with Crippen LogP contribution in [-0.2, 0) is 4.79 Å². The van der Waals surface area contributed by atoms with Gasteiger partial charge in [-0.2, -0.15) is 0 Å². The summed E-state index contributed by atoms with van der Waals surface area (Å²) >= 11 is 6.32. The lowest BCUT2D eigenvalue weighted by Gasteiger charge is -2.33. The number of piperidine rings is 1. The number of halogens is 1. The van der Waals surface area contributed by atoms with Gasteiger partial charge < -0.3 is 14.6 Å². The van der Waals surface area contributed by atoms with Gasteiger partial charge in [-0.15, -0.1) is 0 Å². The summed E-state index contributed by atoms with van der Waals surface area (Å²) in [5, 5.41) is 1.57. The van der Waals surface area contributed by atoms with Crippen LogP contribution in [0, 0.1) is 0 Å². The predicted molar refractivity (Wildman–Crippen MR) is 122 cm³/mol. The summed E-state index contributed by atoms with van der Waals surface area (Å²) in [5.74, 6) is -0.657. The minimum absolute atomic E-state index is 0.148. The highest BCUT2D eigenvalue weighted by atomic mass is 35.5. The van der Waals surface area contributed by atoms with Gasteiger partial charge in [0, 0.05) is 37.5 Å². The summed E-state index contributed by atoms with van der Waals surface area (Å²) in [4.78, 5) is 55.0. The maximum absolute atomic E-state index is 12.8. The molecule has 2 aliphatic heterocycles. The molecule has 1 aromatic heterocycles. The van der Waals surface area contributed by atoms with E-state index in [2.05, 4.69) is 4.98 Å². The highest BCUT2D eigenvalue weighted by Gasteiger charge is 2.37. The SMILES string of the molecule is O=C(CN1C(=O)c2ccccc2C1=O)N1CCC(Oc2cc3cc[nH]c(=O)c3cc2Cl)CC1. The largest absolute Gasteiger partial charge is 0.489 e. The van der Waals surface area contributed by atoms with Crippen LogP contribution in [-0.4, -0.2) is 58.2 Å². The topological polar surface area (TPSA) is 99.8 Å². The Labute approximate surface area is 193 Å². The number of aromatic nitrogens is 1. The second-order valence-corrected chi connectivity index (χ2v) is 8.52. The molecule has 33 heavy (non-hydrogen) atoms. The Balaban J connectivity index is 1.20. The van der Waals surface area contributed by atoms with E-state index < -0.39 is 11.8 Å². The second-order valence-electron chi connectivity index (χ2n) is 8.12. The summed E-state index contributed by atoms with van der Waals surface area (Å²) in [6, 6.07) is 11.7. The van der Waals surface area contributed by atoms with E-state index in [1.165, 1.54) is 0 Å². The number of nitrogens with one attached hydrogen (secondary N) is 1. The van der Waals surface area contributed by atoms with Crippen molar-refractivity contribution in [1.29, 1.82) is 0 Å². The van der Waals surface area contributed by atoms with Crippen molar-refractivity contribution in [1.82, 2.24) is 14.8 Å². The number of fused-ring (bicyclic) bond motifs is 2. The maximum Gasteiger partial charge on any atom is 0.262 e. The first-order valence-corrected chi connectivity index (χ1v) is 11.0. The van der Waals surface area contributed by atoms with Gasteiger partial charge in [-0.3, -0.25) is 24.1 Å². The molecule has 0 spiro atoms. The number of benzene rings is 2. The van der Waals surface area contributed by atoms with Crippen LogP contribution in [0.3, 0.4) is 0 Å². The van der Waals surface area contributed by atoms with Crippen LogP contribution < -0.4 is 10.3 Å². The van der Waals surface area contributed by atoms with Crippen LogP contribution in [0.15, 0.2) is 53.5 Å². The van der Waals surface area contributed by atoms with Crippen LogP contribution in [0.4, 0.5) is 0 Å². The number of imide groups is 1. The Morgan fingerprint density at radius 2 is 1.70 bits per heavy atom. The van der Waals surface area contributed by atoms with Crippen LogP contribution in [0.5, 0.6) is 5.75 Å². The van der Waals surface area contributed by atoms with Crippen molar-refractivity contribution in [2.24, 2.45) is 0 Å². The lowest BCUT2D eigenvalue weighted by molar-refractivity contribution is -0.133. The van der Waals surface area contributed by atoms with Crippen molar-refractivity contribution in [3.05, 3.63) is 75.2 Å². The molecule has 3 amide bonds. The molecule has 5 rings (SSSR count). The monoisotopic (exact) mass is 465 g/mol. The molecule has 0 unspecified atom stereocenters. The molecular formula is C24H20ClN3O5. The van der Waals surface area contributed by atoms with E-state index >= 15 is 0 Å². The molecule has 3 aromatic rings. The zero-order valence-corrected chi connectivity index (χ0v) is 18.3. The van der Waals surface area contributed by atoms with E-state index in [1.807, 2.05) is 0 Å². The van der Waals surface area contributed by atoms with Gasteiger partial charge in [0.15, 0.2) is 0 Å². The maximum atomic E-state index is 12.8. The highest BCUT2D eigenvalue weighted by molar-refractivity contribution is 6.32. The van der Waals surface area contributed by atoms with E-state index in [1.54, 1.807) is 53.6 Å². The molecule has 1 N–H and O–H groups in total. The molecule has 2 aliphatic rings. The number of amides is 3. The van der Waals surface area contributed by atoms with Crippen molar-refractivity contribution >= 4 is 40.1 Å². The Bertz CT molecular complexity index is 1310. The molecule has 2 aromatic carbocycles. The fourth-order valence-electron chi connectivity index (χ4n) is 4.30. The van der Waals surface area contributed by atoms with Crippen LogP contribution in [0.2, 0.25) is 5.02 Å². The number of ether oxygens (including phenoxy) is 1. The number of H-pyrrole nitrogens is 1. The number of carbonyl (C=O) groups excluding carboxylic acids is 3. The van der Waals surface area contributed by atoms with Crippen molar-refractivity contribution in [2.75, 3.05) is 19.6 Å². The zero-order chi connectivity index (χ0) is 23.1. The van der Waals surface area contributed by atoms with Crippen LogP contribution >= 0.6 is 11.6 Å². The quantitative estimate of drug-likeness (QED) is 0.597. The van der Waals surface area contributed by atoms with E-state index in [0.717, 1.165) is 10.3 Å². The van der Waals surface area contributed by atoms with E-state index in [-0.39, 0.29) is 24.1 Å². The molecule has 0 atom stereocenters. The molecule has 168 valence electrons. The van der Waals surface area contributed by atoms with Crippen molar-refractivity contribution in [2.45, 2.75) is 18.9 Å². The van der Waals surface area contributed by atoms with Gasteiger partial charge in [-0.05, 0) is 35.7 Å². The van der Waals surface area contributed by atoms with Crippen LogP contribution in [0.1, 0.15) is 33.6 Å². The summed E-state index contributed by atoms with van der Waals surface area (Å²) in [6.07, 6.45) is 2.58. The van der Waals surface area contributed by atoms with Crippen molar-refractivity contribution in [3.63, 3.8) is 0 Å². The first-order chi connectivity index (χ1) is 15.9. The second kappa shape index (κ2) is 8.37. The normalized spacial score (nSPS) is 16.4. The first-order valence-electron chi connectivity index (χ1n) is 10.6. The average Bonchev–Trinajstić information content (AvgIpc) is 3.06. The first kappa shape index (κ1) is 21.2. The molecule has 3 heterocycles. The summed E-state index contributed by atoms with van der Waals surface area (Å²) < 4.78 is 6.07. The zero-order valence-electron chi connectivity index (χ0n) is 17.5. The van der Waals surface area contributed by atoms with Gasteiger partial charge in [0.25, 0.3) is 17.4 Å². The Kier molecular flexibility index (Phi) is 5.38. The molecule has 8 nitrogen and oxygen atoms in total. The van der Waals surface area contributed by atoms with Gasteiger partial charge >= 0.3 is 0 Å². The van der Waals surface area contributed by atoms with Crippen molar-refractivity contribution < 1.29 is 19.1 Å². The standard InChI is InChI=1S/C24H20ClN3O5/c25-19-12-18-14(5-8-26-22(18)30)11-20(19)33-15-6-9-27(10-7-15)21(29)13-28-23(31)16-3-1-2-4-17(16)24(28)32/h1-5,8,11-12,15H,6-7,9-10,13H2,(H,26,30). The lowest BCUT2D eigenvalue weighted by Crippen LogP contribution is -2.47. The number of hydrogen-bond donors (Lipinski definition) is 1. The average molecular weight is 466 g/mol. The minimum atomic E-state index is -0.438. The van der Waals surface area contributed by atoms with Gasteiger partial charge in [-0.25, -0.2) is 0 Å². The Hall–Kier alpha value is -3.65. The third-order valence-corrected chi connectivity index (χ3v) is 6.38. The molecule has 0 bridgehead atoms. The Morgan fingerprint density at radius 1 is 1.03 bits per heavy atom. The smallest absolute Gasteiger partial charge is 0.262 e. The Morgan fingerprint density at radius 3 is 2.36 bits per heavy atom.